The van der Waals surface area contributed by atoms with Crippen molar-refractivity contribution in [3.05, 3.63) is 71.8 Å². The van der Waals surface area contributed by atoms with Crippen molar-refractivity contribution in [2.75, 3.05) is 13.1 Å². The van der Waals surface area contributed by atoms with Crippen LogP contribution < -0.4 is 0 Å². The second kappa shape index (κ2) is 8.02. The van der Waals surface area contributed by atoms with Crippen molar-refractivity contribution in [1.82, 2.24) is 0 Å². The van der Waals surface area contributed by atoms with E-state index in [-0.39, 0.29) is 0 Å². The maximum absolute atomic E-state index is 9.78. The second-order valence-corrected chi connectivity index (χ2v) is 4.46. The minimum absolute atomic E-state index is 0.362. The Morgan fingerprint density at radius 2 is 1.15 bits per heavy atom. The quantitative estimate of drug-likeness (QED) is 0.802. The van der Waals surface area contributed by atoms with Gasteiger partial charge in [-0.1, -0.05) is 60.7 Å². The van der Waals surface area contributed by atoms with Crippen LogP contribution in [-0.4, -0.2) is 36.7 Å². The molecule has 0 amide bonds. The summed E-state index contributed by atoms with van der Waals surface area (Å²) in [7, 11) is 0. The molecule has 0 aliphatic rings. The van der Waals surface area contributed by atoms with E-state index < -0.39 is 6.10 Å². The smallest absolute Gasteiger partial charge is 0.0929 e. The number of aliphatic hydroxyl groups excluding tert-OH is 1. The van der Waals surface area contributed by atoms with E-state index in [0.717, 1.165) is 11.1 Å². The van der Waals surface area contributed by atoms with Gasteiger partial charge in [-0.3, -0.25) is 9.98 Å². The maximum Gasteiger partial charge on any atom is 0.0929 e. The van der Waals surface area contributed by atoms with Gasteiger partial charge in [0.25, 0.3) is 0 Å². The summed E-state index contributed by atoms with van der Waals surface area (Å²) in [6.45, 7) is 0.724. The molecule has 102 valence electrons. The second-order valence-electron chi connectivity index (χ2n) is 4.46. The summed E-state index contributed by atoms with van der Waals surface area (Å²) in [6.07, 6.45) is 2.99. The Hall–Kier alpha value is -2.26. The summed E-state index contributed by atoms with van der Waals surface area (Å²) in [5, 5.41) is 9.78. The van der Waals surface area contributed by atoms with Crippen molar-refractivity contribution in [3.63, 3.8) is 0 Å². The average molecular weight is 266 g/mol. The van der Waals surface area contributed by atoms with E-state index in [0.29, 0.717) is 13.1 Å². The third-order valence-electron chi connectivity index (χ3n) is 2.71. The third kappa shape index (κ3) is 5.16. The van der Waals surface area contributed by atoms with Crippen LogP contribution in [0.15, 0.2) is 70.6 Å². The van der Waals surface area contributed by atoms with Crippen LogP contribution in [0, 0.1) is 0 Å². The Bertz CT molecular complexity index is 498. The Morgan fingerprint density at radius 1 is 0.750 bits per heavy atom. The van der Waals surface area contributed by atoms with Crippen LogP contribution in [0.4, 0.5) is 0 Å². The van der Waals surface area contributed by atoms with Crippen LogP contribution in [0.25, 0.3) is 0 Å². The average Bonchev–Trinajstić information content (AvgIpc) is 2.49. The van der Waals surface area contributed by atoms with Crippen molar-refractivity contribution >= 4 is 12.4 Å². The zero-order valence-electron chi connectivity index (χ0n) is 11.3. The van der Waals surface area contributed by atoms with E-state index in [9.17, 15) is 5.11 Å². The zero-order valence-corrected chi connectivity index (χ0v) is 11.3. The predicted molar refractivity (Wildman–Crippen MR) is 83.8 cm³/mol. The van der Waals surface area contributed by atoms with Crippen molar-refractivity contribution in [1.29, 1.82) is 0 Å². The first-order valence-electron chi connectivity index (χ1n) is 6.62. The van der Waals surface area contributed by atoms with Gasteiger partial charge in [-0.25, -0.2) is 0 Å². The molecule has 0 unspecified atom stereocenters. The fourth-order valence-corrected chi connectivity index (χ4v) is 1.70. The van der Waals surface area contributed by atoms with Crippen LogP contribution in [0.1, 0.15) is 11.1 Å². The number of benzene rings is 2. The van der Waals surface area contributed by atoms with E-state index >= 15 is 0 Å². The molecule has 0 radical (unpaired) electrons. The largest absolute Gasteiger partial charge is 0.389 e. The molecular weight excluding hydrogens is 248 g/mol. The fourth-order valence-electron chi connectivity index (χ4n) is 1.70. The summed E-state index contributed by atoms with van der Waals surface area (Å²) < 4.78 is 0. The molecule has 2 aromatic rings. The summed E-state index contributed by atoms with van der Waals surface area (Å²) >= 11 is 0. The number of aliphatic hydroxyl groups is 1. The molecule has 20 heavy (non-hydrogen) atoms. The molecule has 2 rings (SSSR count). The summed E-state index contributed by atoms with van der Waals surface area (Å²) in [5.74, 6) is 0. The lowest BCUT2D eigenvalue weighted by Gasteiger charge is -2.03. The molecule has 0 aromatic heterocycles. The monoisotopic (exact) mass is 266 g/mol. The molecule has 0 heterocycles. The summed E-state index contributed by atoms with van der Waals surface area (Å²) in [6, 6.07) is 19.7. The highest BCUT2D eigenvalue weighted by molar-refractivity contribution is 5.79. The van der Waals surface area contributed by atoms with Gasteiger partial charge in [0, 0.05) is 12.4 Å². The molecule has 0 saturated heterocycles. The topological polar surface area (TPSA) is 45.0 Å². The number of hydrogen-bond donors (Lipinski definition) is 1. The molecule has 0 bridgehead atoms. The molecule has 0 saturated carbocycles. The lowest BCUT2D eigenvalue weighted by atomic mass is 10.2. The van der Waals surface area contributed by atoms with Crippen LogP contribution in [0.3, 0.4) is 0 Å². The van der Waals surface area contributed by atoms with E-state index in [2.05, 4.69) is 9.98 Å². The van der Waals surface area contributed by atoms with Gasteiger partial charge in [0.1, 0.15) is 0 Å². The number of hydrogen-bond acceptors (Lipinski definition) is 3. The van der Waals surface area contributed by atoms with E-state index in [1.165, 1.54) is 0 Å². The first-order valence-corrected chi connectivity index (χ1v) is 6.62. The van der Waals surface area contributed by atoms with Gasteiger partial charge in [-0.2, -0.15) is 0 Å². The predicted octanol–water partition coefficient (Wildman–Crippen LogP) is 2.59. The summed E-state index contributed by atoms with van der Waals surface area (Å²) in [4.78, 5) is 8.44. The van der Waals surface area contributed by atoms with Crippen molar-refractivity contribution in [2.45, 2.75) is 6.10 Å². The van der Waals surface area contributed by atoms with Gasteiger partial charge in [0.05, 0.1) is 19.2 Å². The standard InChI is InChI=1S/C17H18N2O/c20-17(13-18-11-15-7-3-1-4-8-15)14-19-12-16-9-5-2-6-10-16/h1-12,17,20H,13-14H2. The SMILES string of the molecule is OC(CN=Cc1ccccc1)CN=Cc1ccccc1. The highest BCUT2D eigenvalue weighted by Crippen LogP contribution is 1.96. The molecule has 0 aliphatic heterocycles. The lowest BCUT2D eigenvalue weighted by molar-refractivity contribution is 0.193. The van der Waals surface area contributed by atoms with Gasteiger partial charge in [-0.15, -0.1) is 0 Å². The van der Waals surface area contributed by atoms with Gasteiger partial charge >= 0.3 is 0 Å². The molecule has 2 aromatic carbocycles. The van der Waals surface area contributed by atoms with Crippen LogP contribution >= 0.6 is 0 Å². The molecule has 3 heteroatoms. The van der Waals surface area contributed by atoms with E-state index in [1.54, 1.807) is 12.4 Å². The minimum Gasteiger partial charge on any atom is -0.389 e. The normalized spacial score (nSPS) is 13.1. The molecule has 0 spiro atoms. The van der Waals surface area contributed by atoms with Crippen molar-refractivity contribution < 1.29 is 5.11 Å². The highest BCUT2D eigenvalue weighted by Gasteiger charge is 1.99. The van der Waals surface area contributed by atoms with Gasteiger partial charge in [0.2, 0.25) is 0 Å². The molecule has 0 atom stereocenters. The fraction of sp³-hybridized carbons (Fsp3) is 0.176. The summed E-state index contributed by atoms with van der Waals surface area (Å²) in [5.41, 5.74) is 2.07. The highest BCUT2D eigenvalue weighted by atomic mass is 16.3. The lowest BCUT2D eigenvalue weighted by Crippen LogP contribution is -2.15. The molecule has 0 fully saturated rings. The van der Waals surface area contributed by atoms with Gasteiger partial charge in [0.15, 0.2) is 0 Å². The molecule has 0 aliphatic carbocycles. The minimum atomic E-state index is -0.546. The van der Waals surface area contributed by atoms with Gasteiger partial charge in [-0.05, 0) is 11.1 Å². The molecule has 3 nitrogen and oxygen atoms in total. The maximum atomic E-state index is 9.78. The number of rotatable bonds is 6. The van der Waals surface area contributed by atoms with Gasteiger partial charge < -0.3 is 5.11 Å². The zero-order chi connectivity index (χ0) is 14.0. The molecular formula is C17H18N2O. The third-order valence-corrected chi connectivity index (χ3v) is 2.71. The molecule has 1 N–H and O–H groups in total. The first-order chi connectivity index (χ1) is 9.84. The Morgan fingerprint density at radius 3 is 1.55 bits per heavy atom. The van der Waals surface area contributed by atoms with Crippen LogP contribution in [0.5, 0.6) is 0 Å². The Kier molecular flexibility index (Phi) is 5.68. The van der Waals surface area contributed by atoms with E-state index in [1.807, 2.05) is 60.7 Å². The van der Waals surface area contributed by atoms with Crippen LogP contribution in [0.2, 0.25) is 0 Å². The Labute approximate surface area is 119 Å². The van der Waals surface area contributed by atoms with Crippen molar-refractivity contribution in [2.24, 2.45) is 9.98 Å². The van der Waals surface area contributed by atoms with Crippen LogP contribution in [-0.2, 0) is 0 Å². The number of nitrogens with zero attached hydrogens (tertiary/aromatic N) is 2. The number of aliphatic imine (C=N–C) groups is 2. The first kappa shape index (κ1) is 14.2. The van der Waals surface area contributed by atoms with E-state index in [4.69, 9.17) is 0 Å². The van der Waals surface area contributed by atoms with Crippen molar-refractivity contribution in [3.8, 4) is 0 Å². The Balaban J connectivity index is 1.74.